The Hall–Kier alpha value is -3.26. The molecule has 4 rings (SSSR count). The van der Waals surface area contributed by atoms with Crippen molar-refractivity contribution in [1.82, 2.24) is 25.2 Å². The Labute approximate surface area is 187 Å². The molecule has 1 fully saturated rings. The fourth-order valence-electron chi connectivity index (χ4n) is 4.26. The lowest BCUT2D eigenvalue weighted by molar-refractivity contribution is 0.0958. The summed E-state index contributed by atoms with van der Waals surface area (Å²) in [5.41, 5.74) is 4.60. The second kappa shape index (κ2) is 8.70. The second-order valence-electron chi connectivity index (χ2n) is 8.65. The maximum absolute atomic E-state index is 12.2. The largest absolute Gasteiger partial charge is 0.368 e. The monoisotopic (exact) mass is 434 g/mol. The van der Waals surface area contributed by atoms with Gasteiger partial charge in [-0.15, -0.1) is 0 Å². The van der Waals surface area contributed by atoms with Crippen molar-refractivity contribution in [3.05, 3.63) is 63.8 Å². The summed E-state index contributed by atoms with van der Waals surface area (Å²) in [4.78, 5) is 40.6. The van der Waals surface area contributed by atoms with Crippen molar-refractivity contribution in [3.8, 4) is 0 Å². The minimum Gasteiger partial charge on any atom is -0.368 e. The molecule has 0 atom stereocenters. The van der Waals surface area contributed by atoms with Gasteiger partial charge in [0.05, 0.1) is 22.9 Å². The van der Waals surface area contributed by atoms with Crippen LogP contribution >= 0.6 is 0 Å². The highest BCUT2D eigenvalue weighted by Gasteiger charge is 2.32. The first-order valence-electron chi connectivity index (χ1n) is 11.0. The van der Waals surface area contributed by atoms with Gasteiger partial charge in [0.1, 0.15) is 5.69 Å². The van der Waals surface area contributed by atoms with E-state index in [0.717, 1.165) is 54.0 Å². The van der Waals surface area contributed by atoms with Crippen LogP contribution in [-0.2, 0) is 12.0 Å². The fraction of sp³-hybridized carbons (Fsp3) is 0.417. The number of amides is 1. The first-order valence-corrected chi connectivity index (χ1v) is 11.0. The number of anilines is 1. The molecule has 3 aromatic heterocycles. The molecule has 32 heavy (non-hydrogen) atoms. The highest BCUT2D eigenvalue weighted by atomic mass is 16.1. The number of fused-ring (bicyclic) bond motifs is 1. The van der Waals surface area contributed by atoms with Gasteiger partial charge in [-0.25, -0.2) is 4.98 Å². The van der Waals surface area contributed by atoms with Gasteiger partial charge in [-0.3, -0.25) is 19.5 Å². The van der Waals surface area contributed by atoms with E-state index in [-0.39, 0.29) is 17.0 Å². The number of piperazine rings is 1. The SMILES string of the molecule is CCc1cc2ncc(C(C)(C)N3CCN(c4ccc(C(=O)NC)nc4)CC3)cc2[nH]c1=O. The van der Waals surface area contributed by atoms with E-state index in [1.54, 1.807) is 19.3 Å². The Kier molecular flexibility index (Phi) is 5.97. The van der Waals surface area contributed by atoms with Crippen LogP contribution in [0.1, 0.15) is 42.4 Å². The molecule has 1 saturated heterocycles. The fourth-order valence-corrected chi connectivity index (χ4v) is 4.26. The standard InChI is InChI=1S/C24H30N6O2/c1-5-16-12-20-21(28-22(16)31)13-17(14-26-20)24(2,3)30-10-8-29(9-11-30)18-6-7-19(27-15-18)23(32)25-4/h6-7,12-15H,5,8-11H2,1-4H3,(H,25,32)(H,28,31). The molecular formula is C24H30N6O2. The molecule has 168 valence electrons. The highest BCUT2D eigenvalue weighted by molar-refractivity contribution is 5.92. The van der Waals surface area contributed by atoms with Gasteiger partial charge in [0.2, 0.25) is 0 Å². The highest BCUT2D eigenvalue weighted by Crippen LogP contribution is 2.30. The first kappa shape index (κ1) is 22.0. The number of rotatable bonds is 5. The Morgan fingerprint density at radius 1 is 1.12 bits per heavy atom. The van der Waals surface area contributed by atoms with Crippen LogP contribution in [0.15, 0.2) is 41.5 Å². The smallest absolute Gasteiger partial charge is 0.269 e. The number of aromatic nitrogens is 3. The zero-order valence-electron chi connectivity index (χ0n) is 19.1. The molecule has 0 bridgehead atoms. The van der Waals surface area contributed by atoms with E-state index in [1.807, 2.05) is 25.3 Å². The van der Waals surface area contributed by atoms with Gasteiger partial charge >= 0.3 is 0 Å². The van der Waals surface area contributed by atoms with E-state index < -0.39 is 0 Å². The van der Waals surface area contributed by atoms with Crippen molar-refractivity contribution in [2.75, 3.05) is 38.1 Å². The number of carbonyl (C=O) groups is 1. The molecule has 2 N–H and O–H groups in total. The molecule has 8 heteroatoms. The number of pyridine rings is 3. The second-order valence-corrected chi connectivity index (χ2v) is 8.65. The molecule has 1 aliphatic rings. The van der Waals surface area contributed by atoms with Crippen molar-refractivity contribution >= 4 is 22.6 Å². The molecule has 3 aromatic rings. The topological polar surface area (TPSA) is 94.2 Å². The summed E-state index contributed by atoms with van der Waals surface area (Å²) in [6.07, 6.45) is 4.38. The van der Waals surface area contributed by atoms with Crippen LogP contribution in [0.4, 0.5) is 5.69 Å². The van der Waals surface area contributed by atoms with E-state index >= 15 is 0 Å². The van der Waals surface area contributed by atoms with Crippen LogP contribution in [0.25, 0.3) is 11.0 Å². The molecule has 1 amide bonds. The quantitative estimate of drug-likeness (QED) is 0.640. The Morgan fingerprint density at radius 2 is 1.88 bits per heavy atom. The Bertz CT molecular complexity index is 1180. The first-order chi connectivity index (χ1) is 15.3. The number of carbonyl (C=O) groups excluding carboxylic acids is 1. The number of aromatic amines is 1. The van der Waals surface area contributed by atoms with Crippen LogP contribution in [-0.4, -0.2) is 59.0 Å². The molecule has 0 aromatic carbocycles. The number of nitrogens with zero attached hydrogens (tertiary/aromatic N) is 4. The van der Waals surface area contributed by atoms with Crippen LogP contribution in [0.2, 0.25) is 0 Å². The number of hydrogen-bond donors (Lipinski definition) is 2. The van der Waals surface area contributed by atoms with Crippen molar-refractivity contribution in [3.63, 3.8) is 0 Å². The molecule has 8 nitrogen and oxygen atoms in total. The average Bonchev–Trinajstić information content (AvgIpc) is 2.82. The number of aryl methyl sites for hydroxylation is 1. The zero-order valence-corrected chi connectivity index (χ0v) is 19.1. The van der Waals surface area contributed by atoms with Crippen molar-refractivity contribution in [2.45, 2.75) is 32.7 Å². The maximum atomic E-state index is 12.2. The predicted molar refractivity (Wildman–Crippen MR) is 126 cm³/mol. The molecule has 0 radical (unpaired) electrons. The number of nitrogens with one attached hydrogen (secondary N) is 2. The Morgan fingerprint density at radius 3 is 2.50 bits per heavy atom. The van der Waals surface area contributed by atoms with Gasteiger partial charge in [-0.05, 0) is 50.1 Å². The number of hydrogen-bond acceptors (Lipinski definition) is 6. The minimum atomic E-state index is -0.227. The van der Waals surface area contributed by atoms with Crippen molar-refractivity contribution in [2.24, 2.45) is 0 Å². The number of H-pyrrole nitrogens is 1. The van der Waals surface area contributed by atoms with Gasteiger partial charge in [-0.1, -0.05) is 6.92 Å². The lowest BCUT2D eigenvalue weighted by Crippen LogP contribution is -2.53. The van der Waals surface area contributed by atoms with Gasteiger partial charge in [0.15, 0.2) is 0 Å². The summed E-state index contributed by atoms with van der Waals surface area (Å²) in [6, 6.07) is 7.65. The summed E-state index contributed by atoms with van der Waals surface area (Å²) in [5.74, 6) is -0.181. The molecule has 0 unspecified atom stereocenters. The normalized spacial score (nSPS) is 15.2. The minimum absolute atomic E-state index is 0.0404. The lowest BCUT2D eigenvalue weighted by Gasteiger charge is -2.44. The molecule has 0 saturated carbocycles. The van der Waals surface area contributed by atoms with Crippen molar-refractivity contribution < 1.29 is 4.79 Å². The third-order valence-corrected chi connectivity index (χ3v) is 6.50. The maximum Gasteiger partial charge on any atom is 0.269 e. The zero-order chi connectivity index (χ0) is 22.9. The summed E-state index contributed by atoms with van der Waals surface area (Å²) in [7, 11) is 1.60. The molecule has 0 aliphatic carbocycles. The van der Waals surface area contributed by atoms with E-state index in [0.29, 0.717) is 12.1 Å². The van der Waals surface area contributed by atoms with Crippen LogP contribution in [0, 0.1) is 0 Å². The van der Waals surface area contributed by atoms with Gasteiger partial charge in [0.25, 0.3) is 11.5 Å². The summed E-state index contributed by atoms with van der Waals surface area (Å²) in [6.45, 7) is 9.86. The van der Waals surface area contributed by atoms with E-state index in [4.69, 9.17) is 0 Å². The molecular weight excluding hydrogens is 404 g/mol. The van der Waals surface area contributed by atoms with Crippen LogP contribution in [0.3, 0.4) is 0 Å². The van der Waals surface area contributed by atoms with E-state index in [1.165, 1.54) is 0 Å². The molecule has 0 spiro atoms. The summed E-state index contributed by atoms with van der Waals surface area (Å²) in [5, 5.41) is 2.59. The van der Waals surface area contributed by atoms with E-state index in [2.05, 4.69) is 50.0 Å². The lowest BCUT2D eigenvalue weighted by atomic mass is 9.92. The third kappa shape index (κ3) is 4.10. The van der Waals surface area contributed by atoms with Crippen molar-refractivity contribution in [1.29, 1.82) is 0 Å². The average molecular weight is 435 g/mol. The summed E-state index contributed by atoms with van der Waals surface area (Å²) >= 11 is 0. The van der Waals surface area contributed by atoms with Gasteiger partial charge in [0, 0.05) is 50.5 Å². The van der Waals surface area contributed by atoms with Crippen LogP contribution in [0.5, 0.6) is 0 Å². The Balaban J connectivity index is 1.48. The van der Waals surface area contributed by atoms with Crippen LogP contribution < -0.4 is 15.8 Å². The van der Waals surface area contributed by atoms with Gasteiger partial charge < -0.3 is 15.2 Å². The van der Waals surface area contributed by atoms with E-state index in [9.17, 15) is 9.59 Å². The predicted octanol–water partition coefficient (Wildman–Crippen LogP) is 2.30. The summed E-state index contributed by atoms with van der Waals surface area (Å²) < 4.78 is 0. The third-order valence-electron chi connectivity index (χ3n) is 6.50. The molecule has 4 heterocycles. The molecule has 1 aliphatic heterocycles. The van der Waals surface area contributed by atoms with Gasteiger partial charge in [-0.2, -0.15) is 0 Å².